The maximum absolute atomic E-state index is 13.1. The Kier molecular flexibility index (Phi) is 18.7. The highest BCUT2D eigenvalue weighted by Crippen LogP contribution is 2.34. The smallest absolute Gasteiger partial charge is 0.463 e. The first-order valence-electron chi connectivity index (χ1n) is 21.7. The molecule has 2 unspecified atom stereocenters. The molecule has 366 valence electrons. The summed E-state index contributed by atoms with van der Waals surface area (Å²) in [6.45, 7) is 7.07. The highest BCUT2D eigenvalue weighted by Gasteiger charge is 2.49. The predicted molar refractivity (Wildman–Crippen MR) is 238 cm³/mol. The van der Waals surface area contributed by atoms with Crippen LogP contribution in [-0.4, -0.2) is 106 Å². The lowest BCUT2D eigenvalue weighted by Gasteiger charge is -2.19. The summed E-state index contributed by atoms with van der Waals surface area (Å²) in [4.78, 5) is 97.5. The highest BCUT2D eigenvalue weighted by molar-refractivity contribution is 5.93. The normalized spacial score (nSPS) is 16.5. The van der Waals surface area contributed by atoms with E-state index in [1.165, 1.54) is 97.1 Å². The van der Waals surface area contributed by atoms with E-state index in [1.54, 1.807) is 0 Å². The minimum absolute atomic E-state index is 0.0477. The Morgan fingerprint density at radius 1 is 0.471 bits per heavy atom. The van der Waals surface area contributed by atoms with Gasteiger partial charge < -0.3 is 56.8 Å². The molecule has 2 saturated heterocycles. The van der Waals surface area contributed by atoms with Crippen LogP contribution in [0.4, 0.5) is 9.59 Å². The van der Waals surface area contributed by atoms with Crippen molar-refractivity contribution in [1.82, 2.24) is 0 Å². The van der Waals surface area contributed by atoms with E-state index in [1.807, 2.05) is 0 Å². The van der Waals surface area contributed by atoms with Crippen molar-refractivity contribution >= 4 is 48.1 Å². The second-order valence-electron chi connectivity index (χ2n) is 14.9. The fourth-order valence-corrected chi connectivity index (χ4v) is 6.42. The van der Waals surface area contributed by atoms with Gasteiger partial charge in [0.25, 0.3) is 0 Å². The van der Waals surface area contributed by atoms with Crippen molar-refractivity contribution in [3.8, 4) is 23.0 Å². The van der Waals surface area contributed by atoms with Crippen LogP contribution in [0.5, 0.6) is 23.0 Å². The molecule has 2 heterocycles. The minimum Gasteiger partial charge on any atom is -0.463 e. The molecule has 2 aliphatic rings. The van der Waals surface area contributed by atoms with Gasteiger partial charge in [0.05, 0.1) is 61.4 Å². The first kappa shape index (κ1) is 51.0. The zero-order chi connectivity index (χ0) is 49.8. The molecule has 0 aliphatic carbocycles. The molecule has 0 aromatic heterocycles. The van der Waals surface area contributed by atoms with Crippen molar-refractivity contribution in [3.63, 3.8) is 0 Å². The number of unbranched alkanes of at least 4 members (excludes halogenated alkanes) is 2. The van der Waals surface area contributed by atoms with Crippen LogP contribution in [0.3, 0.4) is 0 Å². The van der Waals surface area contributed by atoms with Crippen molar-refractivity contribution < 1.29 is 95.2 Å². The third-order valence-electron chi connectivity index (χ3n) is 9.96. The van der Waals surface area contributed by atoms with Gasteiger partial charge in [-0.1, -0.05) is 13.2 Å². The number of hydrogen-bond acceptors (Lipinski definition) is 20. The molecule has 2 fully saturated rings. The Morgan fingerprint density at radius 3 is 1.23 bits per heavy atom. The first-order chi connectivity index (χ1) is 33.9. The molecular weight excluding hydrogens is 921 g/mol. The molecule has 0 amide bonds. The van der Waals surface area contributed by atoms with Crippen LogP contribution >= 0.6 is 0 Å². The molecule has 20 heteroatoms. The zero-order valence-corrected chi connectivity index (χ0v) is 37.4. The maximum atomic E-state index is 13.1. The number of benzene rings is 4. The lowest BCUT2D eigenvalue weighted by atomic mass is 10.1. The third-order valence-corrected chi connectivity index (χ3v) is 9.96. The average Bonchev–Trinajstić information content (AvgIpc) is 3.94. The fraction of sp³-hybridized carbons (Fsp3) is 0.280. The van der Waals surface area contributed by atoms with Gasteiger partial charge in [-0.3, -0.25) is 0 Å². The third kappa shape index (κ3) is 15.6. The second kappa shape index (κ2) is 25.7. The Hall–Kier alpha value is -8.36. The van der Waals surface area contributed by atoms with E-state index >= 15 is 0 Å². The van der Waals surface area contributed by atoms with Gasteiger partial charge in [0.15, 0.2) is 6.10 Å². The molecule has 0 spiro atoms. The van der Waals surface area contributed by atoms with Gasteiger partial charge in [0, 0.05) is 18.6 Å². The van der Waals surface area contributed by atoms with Gasteiger partial charge in [-0.2, -0.15) is 0 Å². The first-order valence-corrected chi connectivity index (χ1v) is 21.7. The van der Waals surface area contributed by atoms with E-state index in [4.69, 9.17) is 56.8 Å². The molecule has 4 aromatic rings. The van der Waals surface area contributed by atoms with E-state index in [2.05, 4.69) is 13.2 Å². The number of carbonyl (C=O) groups excluding carboxylic acids is 8. The van der Waals surface area contributed by atoms with E-state index < -0.39 is 72.7 Å². The summed E-state index contributed by atoms with van der Waals surface area (Å²) < 4.78 is 63.6. The number of fused-ring (bicyclic) bond motifs is 1. The Balaban J connectivity index is 0.874. The summed E-state index contributed by atoms with van der Waals surface area (Å²) in [7, 11) is 0. The monoisotopic (exact) mass is 966 g/mol. The number of esters is 6. The largest absolute Gasteiger partial charge is 0.513 e. The van der Waals surface area contributed by atoms with Crippen LogP contribution in [0.25, 0.3) is 0 Å². The number of carbonyl (C=O) groups is 8. The van der Waals surface area contributed by atoms with Crippen molar-refractivity contribution in [2.75, 3.05) is 33.0 Å². The van der Waals surface area contributed by atoms with Gasteiger partial charge in [0.1, 0.15) is 29.1 Å². The molecule has 0 radical (unpaired) electrons. The fourth-order valence-electron chi connectivity index (χ4n) is 6.42. The average molecular weight is 967 g/mol. The second-order valence-corrected chi connectivity index (χ2v) is 14.9. The Bertz CT molecular complexity index is 2500. The van der Waals surface area contributed by atoms with Crippen molar-refractivity contribution in [2.24, 2.45) is 0 Å². The molecular formula is C50H46O20. The molecule has 4 atom stereocenters. The molecule has 2 aliphatic heterocycles. The Labute approximate surface area is 399 Å². The van der Waals surface area contributed by atoms with Crippen molar-refractivity contribution in [3.05, 3.63) is 145 Å². The van der Waals surface area contributed by atoms with Crippen LogP contribution in [-0.2, 0) is 47.5 Å². The predicted octanol–water partition coefficient (Wildman–Crippen LogP) is 7.07. The summed E-state index contributed by atoms with van der Waals surface area (Å²) in [5.74, 6) is -3.38. The summed E-state index contributed by atoms with van der Waals surface area (Å²) in [5, 5.41) is 0. The quantitative estimate of drug-likeness (QED) is 0.0191. The van der Waals surface area contributed by atoms with Gasteiger partial charge in [-0.15, -0.1) is 0 Å². The van der Waals surface area contributed by atoms with Crippen molar-refractivity contribution in [1.29, 1.82) is 0 Å². The molecule has 20 nitrogen and oxygen atoms in total. The standard InChI is InChI=1S/C50H46O20/c1-3-41(51)59-25-5-7-27-61-49(57)66-37-21-13-31(14-22-37)45(53)64-35-17-9-33(10-18-35)47(55)68-40-30-63-39-29-43(69-44(39)40)70-48(56)34-11-19-36(20-12-34)65-46(54)32-15-23-38(24-16-32)67-50(58)62-28-8-6-26-60-42(52)4-2/h3-4,9-24,39-40,43-44H,1-2,5-8,25-30H2/t39?,40-,43-,44?/m0/s1. The zero-order valence-electron chi connectivity index (χ0n) is 37.4. The molecule has 0 N–H and O–H groups in total. The van der Waals surface area contributed by atoms with Crippen molar-refractivity contribution in [2.45, 2.75) is 56.7 Å². The van der Waals surface area contributed by atoms with Crippen LogP contribution in [0.2, 0.25) is 0 Å². The molecule has 0 bridgehead atoms. The van der Waals surface area contributed by atoms with E-state index in [-0.39, 0.29) is 84.7 Å². The van der Waals surface area contributed by atoms with Crippen LogP contribution in [0.15, 0.2) is 122 Å². The van der Waals surface area contributed by atoms with E-state index in [0.717, 1.165) is 12.2 Å². The van der Waals surface area contributed by atoms with Gasteiger partial charge in [-0.25, -0.2) is 38.4 Å². The topological polar surface area (TPSA) is 247 Å². The summed E-state index contributed by atoms with van der Waals surface area (Å²) in [6.07, 6.45) is -0.805. The molecule has 4 aromatic carbocycles. The van der Waals surface area contributed by atoms with E-state index in [9.17, 15) is 38.4 Å². The molecule has 6 rings (SSSR count). The Morgan fingerprint density at radius 2 is 0.829 bits per heavy atom. The van der Waals surface area contributed by atoms with Crippen LogP contribution < -0.4 is 18.9 Å². The number of rotatable bonds is 22. The number of hydrogen-bond donors (Lipinski definition) is 0. The molecule has 0 saturated carbocycles. The lowest BCUT2D eigenvalue weighted by Crippen LogP contribution is -2.33. The van der Waals surface area contributed by atoms with Gasteiger partial charge in [0.2, 0.25) is 6.29 Å². The van der Waals surface area contributed by atoms with Crippen LogP contribution in [0.1, 0.15) is 73.5 Å². The van der Waals surface area contributed by atoms with Crippen LogP contribution in [0, 0.1) is 0 Å². The lowest BCUT2D eigenvalue weighted by molar-refractivity contribution is -0.138. The van der Waals surface area contributed by atoms with E-state index in [0.29, 0.717) is 25.7 Å². The number of ether oxygens (including phenoxy) is 12. The SMILES string of the molecule is C=CC(=O)OCCCCOC(=O)Oc1ccc(C(=O)Oc2ccc(C(=O)O[C@H]3CC4OC[C@H](OC(=O)c5ccc(OC(=O)c6ccc(OC(=O)OCCCCOC(=O)C=C)cc6)cc5)C4O3)cc2)cc1. The van der Waals surface area contributed by atoms with Gasteiger partial charge in [-0.05, 0) is 123 Å². The maximum Gasteiger partial charge on any atom is 0.513 e. The van der Waals surface area contributed by atoms with Gasteiger partial charge >= 0.3 is 48.1 Å². The summed E-state index contributed by atoms with van der Waals surface area (Å²) in [6, 6.07) is 22.4. The molecule has 70 heavy (non-hydrogen) atoms. The highest BCUT2D eigenvalue weighted by atomic mass is 16.7. The summed E-state index contributed by atoms with van der Waals surface area (Å²) in [5.41, 5.74) is 0.599. The minimum atomic E-state index is -1.01. The summed E-state index contributed by atoms with van der Waals surface area (Å²) >= 11 is 0.